The van der Waals surface area contributed by atoms with Gasteiger partial charge in [0.05, 0.1) is 10.9 Å². The Morgan fingerprint density at radius 2 is 1.87 bits per heavy atom. The van der Waals surface area contributed by atoms with Crippen molar-refractivity contribution in [2.24, 2.45) is 0 Å². The van der Waals surface area contributed by atoms with Gasteiger partial charge in [-0.2, -0.15) is 4.72 Å². The van der Waals surface area contributed by atoms with Crippen LogP contribution in [-0.4, -0.2) is 37.9 Å². The zero-order chi connectivity index (χ0) is 17.2. The molecule has 1 aliphatic rings. The molecule has 1 aromatic rings. The highest BCUT2D eigenvalue weighted by Gasteiger charge is 2.30. The minimum absolute atomic E-state index is 0.0508. The van der Waals surface area contributed by atoms with Crippen molar-refractivity contribution in [3.8, 4) is 0 Å². The van der Waals surface area contributed by atoms with E-state index in [0.717, 1.165) is 19.3 Å². The Labute approximate surface area is 134 Å². The second kappa shape index (κ2) is 6.92. The molecule has 1 aliphatic heterocycles. The number of likely N-dealkylation sites (tertiary alicyclic amines) is 1. The Morgan fingerprint density at radius 1 is 1.26 bits per heavy atom. The number of hydrogen-bond acceptors (Lipinski definition) is 3. The molecule has 0 saturated carbocycles. The predicted molar refractivity (Wildman–Crippen MR) is 81.2 cm³/mol. The van der Waals surface area contributed by atoms with Gasteiger partial charge in [0, 0.05) is 18.7 Å². The highest BCUT2D eigenvalue weighted by molar-refractivity contribution is 7.89. The van der Waals surface area contributed by atoms with Gasteiger partial charge >= 0.3 is 0 Å². The number of hydrogen-bond donors (Lipinski definition) is 1. The van der Waals surface area contributed by atoms with Crippen LogP contribution in [-0.2, 0) is 14.8 Å². The number of halogens is 2. The second-order valence-electron chi connectivity index (χ2n) is 5.82. The van der Waals surface area contributed by atoms with Crippen LogP contribution in [0.2, 0.25) is 0 Å². The number of piperidine rings is 1. The van der Waals surface area contributed by atoms with E-state index in [2.05, 4.69) is 4.72 Å². The maximum Gasteiger partial charge on any atom is 0.241 e. The van der Waals surface area contributed by atoms with Crippen LogP contribution in [0.25, 0.3) is 0 Å². The van der Waals surface area contributed by atoms with Crippen LogP contribution < -0.4 is 4.72 Å². The first-order valence-corrected chi connectivity index (χ1v) is 8.98. The summed E-state index contributed by atoms with van der Waals surface area (Å²) in [6.07, 6.45) is 2.79. The summed E-state index contributed by atoms with van der Waals surface area (Å²) in [5.41, 5.74) is 0. The molecule has 8 heteroatoms. The van der Waals surface area contributed by atoms with Gasteiger partial charge in [0.15, 0.2) is 0 Å². The van der Waals surface area contributed by atoms with Crippen LogP contribution in [0, 0.1) is 11.6 Å². The molecule has 128 valence electrons. The smallest absolute Gasteiger partial charge is 0.241 e. The molecular formula is C15H20F2N2O3S. The number of nitrogens with one attached hydrogen (secondary N) is 1. The molecular weight excluding hydrogens is 326 g/mol. The van der Waals surface area contributed by atoms with Crippen molar-refractivity contribution in [1.82, 2.24) is 9.62 Å². The summed E-state index contributed by atoms with van der Waals surface area (Å²) >= 11 is 0. The van der Waals surface area contributed by atoms with Crippen molar-refractivity contribution < 1.29 is 22.0 Å². The van der Waals surface area contributed by atoms with Crippen LogP contribution in [0.3, 0.4) is 0 Å². The second-order valence-corrected chi connectivity index (χ2v) is 7.54. The van der Waals surface area contributed by atoms with E-state index in [0.29, 0.717) is 24.7 Å². The number of benzene rings is 1. The first-order chi connectivity index (χ1) is 10.7. The lowest BCUT2D eigenvalue weighted by Gasteiger charge is -2.35. The van der Waals surface area contributed by atoms with Gasteiger partial charge in [-0.05, 0) is 45.2 Å². The van der Waals surface area contributed by atoms with E-state index < -0.39 is 32.6 Å². The molecule has 1 fully saturated rings. The van der Waals surface area contributed by atoms with E-state index in [1.54, 1.807) is 4.90 Å². The summed E-state index contributed by atoms with van der Waals surface area (Å²) in [6.45, 7) is 3.93. The minimum Gasteiger partial charge on any atom is -0.339 e. The van der Waals surface area contributed by atoms with E-state index in [-0.39, 0.29) is 11.9 Å². The fourth-order valence-corrected chi connectivity index (χ4v) is 3.95. The van der Waals surface area contributed by atoms with Crippen molar-refractivity contribution in [2.45, 2.75) is 50.1 Å². The zero-order valence-electron chi connectivity index (χ0n) is 13.1. The summed E-state index contributed by atoms with van der Waals surface area (Å²) in [7, 11) is -4.18. The number of sulfonamides is 1. The molecule has 0 bridgehead atoms. The minimum atomic E-state index is -4.18. The SMILES string of the molecule is C[C@@H]1CCCCN1C(=O)[C@@H](C)NS(=O)(=O)c1cc(F)cc(F)c1. The zero-order valence-corrected chi connectivity index (χ0v) is 13.9. The van der Waals surface area contributed by atoms with Crippen LogP contribution in [0.15, 0.2) is 23.1 Å². The fraction of sp³-hybridized carbons (Fsp3) is 0.533. The summed E-state index contributed by atoms with van der Waals surface area (Å²) in [5, 5.41) is 0. The van der Waals surface area contributed by atoms with Gasteiger partial charge in [-0.25, -0.2) is 17.2 Å². The molecule has 1 N–H and O–H groups in total. The van der Waals surface area contributed by atoms with Gasteiger partial charge in [0.1, 0.15) is 11.6 Å². The molecule has 2 atom stereocenters. The normalized spacial score (nSPS) is 20.3. The lowest BCUT2D eigenvalue weighted by atomic mass is 10.0. The number of amides is 1. The topological polar surface area (TPSA) is 66.5 Å². The Morgan fingerprint density at radius 3 is 2.43 bits per heavy atom. The quantitative estimate of drug-likeness (QED) is 0.907. The van der Waals surface area contributed by atoms with Crippen molar-refractivity contribution in [2.75, 3.05) is 6.54 Å². The Kier molecular flexibility index (Phi) is 5.36. The lowest BCUT2D eigenvalue weighted by Crippen LogP contribution is -2.51. The molecule has 1 aromatic carbocycles. The number of carbonyl (C=O) groups is 1. The molecule has 5 nitrogen and oxygen atoms in total. The van der Waals surface area contributed by atoms with Crippen molar-refractivity contribution in [1.29, 1.82) is 0 Å². The first kappa shape index (κ1) is 17.8. The standard InChI is InChI=1S/C15H20F2N2O3S/c1-10-5-3-4-6-19(10)15(20)11(2)18-23(21,22)14-8-12(16)7-13(17)9-14/h7-11,18H,3-6H2,1-2H3/t10-,11-/m1/s1. The van der Waals surface area contributed by atoms with Gasteiger partial charge in [0.2, 0.25) is 15.9 Å². The van der Waals surface area contributed by atoms with E-state index in [9.17, 15) is 22.0 Å². The molecule has 2 rings (SSSR count). The van der Waals surface area contributed by atoms with E-state index in [4.69, 9.17) is 0 Å². The average Bonchev–Trinajstić information content (AvgIpc) is 2.45. The summed E-state index contributed by atoms with van der Waals surface area (Å²) in [5.74, 6) is -2.32. The van der Waals surface area contributed by atoms with Crippen molar-refractivity contribution in [3.63, 3.8) is 0 Å². The van der Waals surface area contributed by atoms with Gasteiger partial charge in [-0.3, -0.25) is 4.79 Å². The Bertz CT molecular complexity index is 674. The third-order valence-corrected chi connectivity index (χ3v) is 5.45. The monoisotopic (exact) mass is 346 g/mol. The van der Waals surface area contributed by atoms with Gasteiger partial charge in [0.25, 0.3) is 0 Å². The molecule has 1 saturated heterocycles. The third kappa shape index (κ3) is 4.26. The number of rotatable bonds is 4. The largest absolute Gasteiger partial charge is 0.339 e. The molecule has 1 amide bonds. The van der Waals surface area contributed by atoms with Gasteiger partial charge in [-0.1, -0.05) is 0 Å². The van der Waals surface area contributed by atoms with Crippen molar-refractivity contribution in [3.05, 3.63) is 29.8 Å². The highest BCUT2D eigenvalue weighted by Crippen LogP contribution is 2.18. The Balaban J connectivity index is 2.14. The van der Waals surface area contributed by atoms with Gasteiger partial charge in [-0.15, -0.1) is 0 Å². The summed E-state index contributed by atoms with van der Waals surface area (Å²) in [4.78, 5) is 13.5. The van der Waals surface area contributed by atoms with E-state index >= 15 is 0 Å². The first-order valence-electron chi connectivity index (χ1n) is 7.49. The molecule has 0 unspecified atom stereocenters. The molecule has 0 aromatic heterocycles. The lowest BCUT2D eigenvalue weighted by molar-refractivity contribution is -0.135. The van der Waals surface area contributed by atoms with Crippen molar-refractivity contribution >= 4 is 15.9 Å². The van der Waals surface area contributed by atoms with Crippen LogP contribution in [0.1, 0.15) is 33.1 Å². The Hall–Kier alpha value is -1.54. The maximum atomic E-state index is 13.2. The molecule has 0 radical (unpaired) electrons. The summed E-state index contributed by atoms with van der Waals surface area (Å²) in [6, 6.07) is 1.06. The molecule has 0 spiro atoms. The van der Waals surface area contributed by atoms with Gasteiger partial charge < -0.3 is 4.90 Å². The number of nitrogens with zero attached hydrogens (tertiary/aromatic N) is 1. The molecule has 1 heterocycles. The third-order valence-electron chi connectivity index (χ3n) is 3.93. The average molecular weight is 346 g/mol. The highest BCUT2D eigenvalue weighted by atomic mass is 32.2. The molecule has 23 heavy (non-hydrogen) atoms. The van der Waals surface area contributed by atoms with Crippen LogP contribution in [0.5, 0.6) is 0 Å². The predicted octanol–water partition coefficient (Wildman–Crippen LogP) is 2.03. The van der Waals surface area contributed by atoms with E-state index in [1.165, 1.54) is 6.92 Å². The van der Waals surface area contributed by atoms with E-state index in [1.807, 2.05) is 6.92 Å². The van der Waals surface area contributed by atoms with Crippen LogP contribution in [0.4, 0.5) is 8.78 Å². The maximum absolute atomic E-state index is 13.2. The fourth-order valence-electron chi connectivity index (χ4n) is 2.71. The number of carbonyl (C=O) groups excluding carboxylic acids is 1. The summed E-state index contributed by atoms with van der Waals surface area (Å²) < 4.78 is 53.0. The van der Waals surface area contributed by atoms with Crippen LogP contribution >= 0.6 is 0 Å². The molecule has 0 aliphatic carbocycles.